The summed E-state index contributed by atoms with van der Waals surface area (Å²) in [5, 5.41) is 14.3. The lowest BCUT2D eigenvalue weighted by molar-refractivity contribution is 0.172. The molecule has 1 aliphatic carbocycles. The van der Waals surface area contributed by atoms with Crippen molar-refractivity contribution in [1.29, 1.82) is 0 Å². The van der Waals surface area contributed by atoms with Crippen LogP contribution in [0.5, 0.6) is 0 Å². The Balaban J connectivity index is 2.18. The lowest BCUT2D eigenvalue weighted by Crippen LogP contribution is -2.27. The van der Waals surface area contributed by atoms with E-state index in [-0.39, 0.29) is 12.1 Å². The number of hydrogen-bond acceptors (Lipinski definition) is 2. The van der Waals surface area contributed by atoms with Crippen LogP contribution in [0.1, 0.15) is 19.3 Å². The van der Waals surface area contributed by atoms with Gasteiger partial charge in [-0.25, -0.2) is 0 Å². The third-order valence-electron chi connectivity index (χ3n) is 2.83. The van der Waals surface area contributed by atoms with Gasteiger partial charge in [0.1, 0.15) is 0 Å². The third-order valence-corrected chi connectivity index (χ3v) is 3.87. The van der Waals surface area contributed by atoms with Crippen LogP contribution in [0.2, 0.25) is 15.1 Å². The molecule has 1 fully saturated rings. The Labute approximate surface area is 110 Å². The highest BCUT2D eigenvalue weighted by atomic mass is 35.5. The first-order valence-electron chi connectivity index (χ1n) is 5.17. The van der Waals surface area contributed by atoms with E-state index in [2.05, 4.69) is 5.32 Å². The predicted octanol–water partition coefficient (Wildman–Crippen LogP) is 3.97. The summed E-state index contributed by atoms with van der Waals surface area (Å²) in [4.78, 5) is 0. The van der Waals surface area contributed by atoms with Gasteiger partial charge in [-0.2, -0.15) is 0 Å². The molecule has 16 heavy (non-hydrogen) atoms. The maximum Gasteiger partial charge on any atom is 0.0741 e. The van der Waals surface area contributed by atoms with Crippen molar-refractivity contribution >= 4 is 40.5 Å². The average Bonchev–Trinajstić information content (AvgIpc) is 2.61. The molecule has 2 N–H and O–H groups in total. The van der Waals surface area contributed by atoms with Gasteiger partial charge in [-0.05, 0) is 31.4 Å². The standard InChI is InChI=1S/C11H12Cl3NO/c12-6-4-8(14)10(5-7(6)13)15-9-2-1-3-11(9)16/h4-5,9,11,15-16H,1-3H2/t9-,11-/m0/s1. The van der Waals surface area contributed by atoms with E-state index in [0.717, 1.165) is 24.9 Å². The molecule has 0 unspecified atom stereocenters. The molecule has 0 radical (unpaired) electrons. The second-order valence-electron chi connectivity index (χ2n) is 4.00. The number of aliphatic hydroxyl groups excluding tert-OH is 1. The number of rotatable bonds is 2. The largest absolute Gasteiger partial charge is 0.391 e. The minimum Gasteiger partial charge on any atom is -0.391 e. The third kappa shape index (κ3) is 2.57. The Bertz CT molecular complexity index is 397. The van der Waals surface area contributed by atoms with Crippen LogP contribution in [0.3, 0.4) is 0 Å². The van der Waals surface area contributed by atoms with Crippen LogP contribution >= 0.6 is 34.8 Å². The molecule has 0 bridgehead atoms. The molecule has 1 aromatic carbocycles. The number of halogens is 3. The van der Waals surface area contributed by atoms with Gasteiger partial charge >= 0.3 is 0 Å². The van der Waals surface area contributed by atoms with Gasteiger partial charge in [0.05, 0.1) is 32.9 Å². The van der Waals surface area contributed by atoms with Crippen molar-refractivity contribution in [3.05, 3.63) is 27.2 Å². The quantitative estimate of drug-likeness (QED) is 0.803. The summed E-state index contributed by atoms with van der Waals surface area (Å²) in [5.41, 5.74) is 0.724. The molecule has 0 aliphatic heterocycles. The normalized spacial score (nSPS) is 24.8. The fourth-order valence-corrected chi connectivity index (χ4v) is 2.54. The number of benzene rings is 1. The molecule has 2 atom stereocenters. The maximum absolute atomic E-state index is 9.70. The first kappa shape index (κ1) is 12.3. The van der Waals surface area contributed by atoms with Gasteiger partial charge in [0.15, 0.2) is 0 Å². The van der Waals surface area contributed by atoms with Crippen LogP contribution in [0.25, 0.3) is 0 Å². The zero-order chi connectivity index (χ0) is 11.7. The Hall–Kier alpha value is -0.150. The molecular weight excluding hydrogens is 268 g/mol. The van der Waals surface area contributed by atoms with E-state index in [1.807, 2.05) is 0 Å². The van der Waals surface area contributed by atoms with Gasteiger partial charge in [0, 0.05) is 0 Å². The Morgan fingerprint density at radius 1 is 1.06 bits per heavy atom. The van der Waals surface area contributed by atoms with Crippen molar-refractivity contribution in [1.82, 2.24) is 0 Å². The van der Waals surface area contributed by atoms with Crippen molar-refractivity contribution in [3.63, 3.8) is 0 Å². The summed E-state index contributed by atoms with van der Waals surface area (Å²) < 4.78 is 0. The topological polar surface area (TPSA) is 32.3 Å². The molecule has 0 aromatic heterocycles. The van der Waals surface area contributed by atoms with Gasteiger partial charge in [0.25, 0.3) is 0 Å². The van der Waals surface area contributed by atoms with E-state index < -0.39 is 0 Å². The van der Waals surface area contributed by atoms with Gasteiger partial charge in [-0.1, -0.05) is 34.8 Å². The molecule has 0 heterocycles. The summed E-state index contributed by atoms with van der Waals surface area (Å²) >= 11 is 17.8. The number of hydrogen-bond donors (Lipinski definition) is 2. The minimum atomic E-state index is -0.314. The Kier molecular flexibility index (Phi) is 3.85. The average molecular weight is 281 g/mol. The molecular formula is C11H12Cl3NO. The molecule has 1 aliphatic rings. The van der Waals surface area contributed by atoms with Crippen molar-refractivity contribution in [2.75, 3.05) is 5.32 Å². The lowest BCUT2D eigenvalue weighted by Gasteiger charge is -2.19. The predicted molar refractivity (Wildman–Crippen MR) is 68.7 cm³/mol. The summed E-state index contributed by atoms with van der Waals surface area (Å²) in [7, 11) is 0. The molecule has 0 amide bonds. The summed E-state index contributed by atoms with van der Waals surface area (Å²) in [5.74, 6) is 0. The van der Waals surface area contributed by atoms with Crippen LogP contribution in [-0.4, -0.2) is 17.3 Å². The van der Waals surface area contributed by atoms with Crippen LogP contribution in [0.4, 0.5) is 5.69 Å². The minimum absolute atomic E-state index is 0.0507. The van der Waals surface area contributed by atoms with Gasteiger partial charge in [-0.15, -0.1) is 0 Å². The van der Waals surface area contributed by atoms with Crippen LogP contribution in [0, 0.1) is 0 Å². The maximum atomic E-state index is 9.70. The molecule has 2 nitrogen and oxygen atoms in total. The highest BCUT2D eigenvalue weighted by molar-refractivity contribution is 6.44. The molecule has 5 heteroatoms. The summed E-state index contributed by atoms with van der Waals surface area (Å²) in [6.07, 6.45) is 2.48. The number of nitrogens with one attached hydrogen (secondary N) is 1. The lowest BCUT2D eigenvalue weighted by atomic mass is 10.2. The highest BCUT2D eigenvalue weighted by Crippen LogP contribution is 2.34. The summed E-state index contributed by atoms with van der Waals surface area (Å²) in [6, 6.07) is 3.35. The van der Waals surface area contributed by atoms with E-state index in [9.17, 15) is 5.11 Å². The Morgan fingerprint density at radius 2 is 1.75 bits per heavy atom. The van der Waals surface area contributed by atoms with Crippen LogP contribution in [-0.2, 0) is 0 Å². The fourth-order valence-electron chi connectivity index (χ4n) is 1.94. The van der Waals surface area contributed by atoms with Gasteiger partial charge in [-0.3, -0.25) is 0 Å². The van der Waals surface area contributed by atoms with Gasteiger partial charge in [0.2, 0.25) is 0 Å². The zero-order valence-electron chi connectivity index (χ0n) is 8.51. The van der Waals surface area contributed by atoms with E-state index in [4.69, 9.17) is 34.8 Å². The van der Waals surface area contributed by atoms with Crippen molar-refractivity contribution in [3.8, 4) is 0 Å². The van der Waals surface area contributed by atoms with Crippen LogP contribution in [0.15, 0.2) is 12.1 Å². The first-order chi connectivity index (χ1) is 7.58. The van der Waals surface area contributed by atoms with E-state index in [1.54, 1.807) is 12.1 Å². The van der Waals surface area contributed by atoms with Gasteiger partial charge < -0.3 is 10.4 Å². The van der Waals surface area contributed by atoms with Crippen molar-refractivity contribution < 1.29 is 5.11 Å². The second kappa shape index (κ2) is 5.01. The summed E-state index contributed by atoms with van der Waals surface area (Å²) in [6.45, 7) is 0. The first-order valence-corrected chi connectivity index (χ1v) is 6.30. The molecule has 88 valence electrons. The van der Waals surface area contributed by atoms with Crippen molar-refractivity contribution in [2.24, 2.45) is 0 Å². The van der Waals surface area contributed by atoms with E-state index >= 15 is 0 Å². The molecule has 1 aromatic rings. The molecule has 2 rings (SSSR count). The fraction of sp³-hybridized carbons (Fsp3) is 0.455. The molecule has 1 saturated carbocycles. The molecule has 0 saturated heterocycles. The van der Waals surface area contributed by atoms with E-state index in [1.165, 1.54) is 0 Å². The second-order valence-corrected chi connectivity index (χ2v) is 5.22. The molecule has 0 spiro atoms. The van der Waals surface area contributed by atoms with E-state index in [0.29, 0.717) is 15.1 Å². The monoisotopic (exact) mass is 279 g/mol. The smallest absolute Gasteiger partial charge is 0.0741 e. The SMILES string of the molecule is O[C@H]1CCC[C@@H]1Nc1cc(Cl)c(Cl)cc1Cl. The highest BCUT2D eigenvalue weighted by Gasteiger charge is 2.25. The van der Waals surface area contributed by atoms with Crippen LogP contribution < -0.4 is 5.32 Å². The van der Waals surface area contributed by atoms with Crippen molar-refractivity contribution in [2.45, 2.75) is 31.4 Å². The number of anilines is 1. The number of aliphatic hydroxyl groups is 1. The Morgan fingerprint density at radius 3 is 2.38 bits per heavy atom. The zero-order valence-corrected chi connectivity index (χ0v) is 10.8.